The summed E-state index contributed by atoms with van der Waals surface area (Å²) in [5.41, 5.74) is 0.603. The van der Waals surface area contributed by atoms with Crippen LogP contribution in [0.4, 0.5) is 5.69 Å². The van der Waals surface area contributed by atoms with Gasteiger partial charge in [-0.1, -0.05) is 24.6 Å². The van der Waals surface area contributed by atoms with Crippen LogP contribution in [0.2, 0.25) is 5.02 Å². The van der Waals surface area contributed by atoms with E-state index in [0.717, 1.165) is 0 Å². The maximum Gasteiger partial charge on any atom is 0.255 e. The third-order valence-corrected chi connectivity index (χ3v) is 4.93. The Bertz CT molecular complexity index is 853. The normalized spacial score (nSPS) is 11.1. The minimum absolute atomic E-state index is 0.0338. The van der Waals surface area contributed by atoms with Crippen LogP contribution in [0.5, 0.6) is 5.75 Å². The predicted molar refractivity (Wildman–Crippen MR) is 93.3 cm³/mol. The first-order valence-electron chi connectivity index (χ1n) is 7.12. The molecule has 0 bridgehead atoms. The largest absolute Gasteiger partial charge is 0.495 e. The number of methoxy groups -OCH3 is 1. The van der Waals surface area contributed by atoms with Crippen LogP contribution in [0, 0.1) is 0 Å². The molecule has 128 valence electrons. The van der Waals surface area contributed by atoms with Crippen LogP contribution in [0.1, 0.15) is 17.3 Å². The van der Waals surface area contributed by atoms with Gasteiger partial charge in [0.05, 0.1) is 17.7 Å². The topological polar surface area (TPSA) is 84.5 Å². The molecule has 0 aliphatic rings. The molecule has 8 heteroatoms. The molecule has 0 spiro atoms. The molecule has 0 aliphatic carbocycles. The molecular formula is C16H17ClN2O4S. The summed E-state index contributed by atoms with van der Waals surface area (Å²) >= 11 is 5.88. The van der Waals surface area contributed by atoms with Crippen molar-refractivity contribution >= 4 is 33.2 Å². The Morgan fingerprint density at radius 2 is 1.96 bits per heavy atom. The molecule has 2 N–H and O–H groups in total. The van der Waals surface area contributed by atoms with Gasteiger partial charge in [-0.3, -0.25) is 4.79 Å². The quantitative estimate of drug-likeness (QED) is 0.821. The first-order valence-corrected chi connectivity index (χ1v) is 8.98. The summed E-state index contributed by atoms with van der Waals surface area (Å²) in [6.07, 6.45) is 0. The first-order chi connectivity index (χ1) is 11.4. The van der Waals surface area contributed by atoms with E-state index >= 15 is 0 Å². The van der Waals surface area contributed by atoms with E-state index in [1.54, 1.807) is 25.1 Å². The molecule has 0 heterocycles. The number of hydrogen-bond acceptors (Lipinski definition) is 4. The van der Waals surface area contributed by atoms with Gasteiger partial charge in [-0.05, 0) is 36.4 Å². The second kappa shape index (κ2) is 7.65. The van der Waals surface area contributed by atoms with E-state index in [0.29, 0.717) is 16.3 Å². The molecule has 2 aromatic rings. The van der Waals surface area contributed by atoms with Crippen LogP contribution in [0.3, 0.4) is 0 Å². The lowest BCUT2D eigenvalue weighted by Gasteiger charge is -2.13. The molecule has 2 aromatic carbocycles. The lowest BCUT2D eigenvalue weighted by atomic mass is 10.2. The van der Waals surface area contributed by atoms with E-state index in [-0.39, 0.29) is 17.1 Å². The Balaban J connectivity index is 2.36. The molecule has 0 atom stereocenters. The maximum absolute atomic E-state index is 12.3. The van der Waals surface area contributed by atoms with Gasteiger partial charge in [0, 0.05) is 17.1 Å². The van der Waals surface area contributed by atoms with Crippen molar-refractivity contribution in [2.24, 2.45) is 0 Å². The monoisotopic (exact) mass is 368 g/mol. The molecule has 6 nitrogen and oxygen atoms in total. The van der Waals surface area contributed by atoms with Crippen LogP contribution in [-0.2, 0) is 10.0 Å². The van der Waals surface area contributed by atoms with Gasteiger partial charge in [0.15, 0.2) is 0 Å². The summed E-state index contributed by atoms with van der Waals surface area (Å²) in [6, 6.07) is 10.7. The smallest absolute Gasteiger partial charge is 0.255 e. The zero-order valence-corrected chi connectivity index (χ0v) is 14.7. The molecule has 0 aromatic heterocycles. The average Bonchev–Trinajstić information content (AvgIpc) is 2.54. The van der Waals surface area contributed by atoms with Gasteiger partial charge in [0.1, 0.15) is 5.75 Å². The molecule has 0 radical (unpaired) electrons. The van der Waals surface area contributed by atoms with Gasteiger partial charge in [0.25, 0.3) is 5.91 Å². The van der Waals surface area contributed by atoms with Gasteiger partial charge in [0.2, 0.25) is 10.0 Å². The van der Waals surface area contributed by atoms with Gasteiger partial charge in [-0.15, -0.1) is 0 Å². The minimum atomic E-state index is -3.64. The predicted octanol–water partition coefficient (Wildman–Crippen LogP) is 2.90. The van der Waals surface area contributed by atoms with Gasteiger partial charge < -0.3 is 10.1 Å². The number of benzene rings is 2. The number of carbonyl (C=O) groups excluding carboxylic acids is 1. The number of amides is 1. The lowest BCUT2D eigenvalue weighted by molar-refractivity contribution is 0.102. The highest BCUT2D eigenvalue weighted by Crippen LogP contribution is 2.28. The summed E-state index contributed by atoms with van der Waals surface area (Å²) in [7, 11) is -2.21. The second-order valence-electron chi connectivity index (χ2n) is 4.83. The lowest BCUT2D eigenvalue weighted by Crippen LogP contribution is -2.23. The average molecular weight is 369 g/mol. The zero-order chi connectivity index (χ0) is 17.7. The standard InChI is InChI=1S/C16H17ClN2O4S/c1-3-18-24(21,22)13-7-8-15(23-2)14(10-13)19-16(20)11-5-4-6-12(17)9-11/h4-10,18H,3H2,1-2H3,(H,19,20). The number of sulfonamides is 1. The third kappa shape index (κ3) is 4.25. The number of hydrogen-bond donors (Lipinski definition) is 2. The zero-order valence-electron chi connectivity index (χ0n) is 13.2. The Labute approximate surface area is 145 Å². The SMILES string of the molecule is CCNS(=O)(=O)c1ccc(OC)c(NC(=O)c2cccc(Cl)c2)c1. The Kier molecular flexibility index (Phi) is 5.82. The molecule has 1 amide bonds. The number of anilines is 1. The van der Waals surface area contributed by atoms with Crippen LogP contribution in [0.25, 0.3) is 0 Å². The van der Waals surface area contributed by atoms with Gasteiger partial charge in [-0.25, -0.2) is 13.1 Å². The van der Waals surface area contributed by atoms with E-state index in [4.69, 9.17) is 16.3 Å². The molecule has 2 rings (SSSR count). The highest BCUT2D eigenvalue weighted by Gasteiger charge is 2.17. The van der Waals surface area contributed by atoms with Gasteiger partial charge >= 0.3 is 0 Å². The molecule has 0 saturated carbocycles. The molecule has 0 aliphatic heterocycles. The Morgan fingerprint density at radius 3 is 2.58 bits per heavy atom. The van der Waals surface area contributed by atoms with Crippen LogP contribution < -0.4 is 14.8 Å². The first kappa shape index (κ1) is 18.3. The highest BCUT2D eigenvalue weighted by atomic mass is 35.5. The fourth-order valence-corrected chi connectivity index (χ4v) is 3.31. The summed E-state index contributed by atoms with van der Waals surface area (Å²) < 4.78 is 31.8. The molecule has 0 fully saturated rings. The van der Waals surface area contributed by atoms with Crippen molar-refractivity contribution in [3.8, 4) is 5.75 Å². The maximum atomic E-state index is 12.3. The Morgan fingerprint density at radius 1 is 1.21 bits per heavy atom. The van der Waals surface area contributed by atoms with E-state index in [9.17, 15) is 13.2 Å². The van der Waals surface area contributed by atoms with E-state index in [2.05, 4.69) is 10.0 Å². The van der Waals surface area contributed by atoms with E-state index in [1.165, 1.54) is 31.4 Å². The number of rotatable bonds is 6. The molecule has 0 unspecified atom stereocenters. The Hall–Kier alpha value is -2.09. The highest BCUT2D eigenvalue weighted by molar-refractivity contribution is 7.89. The molecular weight excluding hydrogens is 352 g/mol. The van der Waals surface area contributed by atoms with Crippen molar-refractivity contribution in [1.82, 2.24) is 4.72 Å². The summed E-state index contributed by atoms with van der Waals surface area (Å²) in [4.78, 5) is 12.4. The number of carbonyl (C=O) groups is 1. The number of halogens is 1. The number of nitrogens with one attached hydrogen (secondary N) is 2. The van der Waals surface area contributed by atoms with Crippen molar-refractivity contribution in [2.75, 3.05) is 19.0 Å². The van der Waals surface area contributed by atoms with Crippen molar-refractivity contribution in [3.63, 3.8) is 0 Å². The van der Waals surface area contributed by atoms with Crippen molar-refractivity contribution in [1.29, 1.82) is 0 Å². The van der Waals surface area contributed by atoms with Crippen LogP contribution >= 0.6 is 11.6 Å². The minimum Gasteiger partial charge on any atom is -0.495 e. The fourth-order valence-electron chi connectivity index (χ4n) is 2.05. The third-order valence-electron chi connectivity index (χ3n) is 3.15. The second-order valence-corrected chi connectivity index (χ2v) is 7.03. The fraction of sp³-hybridized carbons (Fsp3) is 0.188. The van der Waals surface area contributed by atoms with Crippen molar-refractivity contribution < 1.29 is 17.9 Å². The molecule has 0 saturated heterocycles. The van der Waals surface area contributed by atoms with Gasteiger partial charge in [-0.2, -0.15) is 0 Å². The van der Waals surface area contributed by atoms with Crippen LogP contribution in [0.15, 0.2) is 47.4 Å². The molecule has 24 heavy (non-hydrogen) atoms. The van der Waals surface area contributed by atoms with E-state index < -0.39 is 15.9 Å². The van der Waals surface area contributed by atoms with Crippen molar-refractivity contribution in [3.05, 3.63) is 53.1 Å². The van der Waals surface area contributed by atoms with E-state index in [1.807, 2.05) is 0 Å². The summed E-state index contributed by atoms with van der Waals surface area (Å²) in [6.45, 7) is 1.95. The summed E-state index contributed by atoms with van der Waals surface area (Å²) in [5, 5.41) is 3.07. The number of ether oxygens (including phenoxy) is 1. The van der Waals surface area contributed by atoms with Crippen molar-refractivity contribution in [2.45, 2.75) is 11.8 Å². The summed E-state index contributed by atoms with van der Waals surface area (Å²) in [5.74, 6) is -0.0744. The van der Waals surface area contributed by atoms with Crippen LogP contribution in [-0.4, -0.2) is 28.0 Å².